The van der Waals surface area contributed by atoms with Crippen molar-refractivity contribution in [1.82, 2.24) is 9.97 Å². The predicted molar refractivity (Wildman–Crippen MR) is 225 cm³/mol. The average Bonchev–Trinajstić information content (AvgIpc) is 3.73. The van der Waals surface area contributed by atoms with E-state index in [1.54, 1.807) is 44.6 Å². The number of rotatable bonds is 3. The van der Waals surface area contributed by atoms with Crippen LogP contribution in [0.4, 0.5) is 0 Å². The molecule has 10 aliphatic rings. The first-order chi connectivity index (χ1) is 27.3. The van der Waals surface area contributed by atoms with E-state index < -0.39 is 0 Å². The third-order valence-electron chi connectivity index (χ3n) is 15.7. The van der Waals surface area contributed by atoms with Crippen LogP contribution in [0.2, 0.25) is 0 Å². The molecule has 7 unspecified atom stereocenters. The van der Waals surface area contributed by atoms with Crippen LogP contribution in [0.3, 0.4) is 0 Å². The Labute approximate surface area is 327 Å². The standard InChI is InChI=1S/C53H52N2/c1-3-15-33(16-4-1)50-32-51(55-52(54-50)34-17-5-2-6-18-34)35-27-28-42-40-23-11-13-25-46(40)53(48(42)29-35)47-26-14-12-24-41(47)45-30-43-38-21-9-7-19-36(38)37-20-8-10-22-39(37)44(43)31-49(45)53/h1-6,8-9,12,15,17-18,20-21,24,29-30,32-33,36,38,41,47,49H,7,10-11,13-14,16,19,22-23,25-28,31H2. The molecule has 0 N–H and O–H groups in total. The van der Waals surface area contributed by atoms with E-state index in [0.717, 1.165) is 42.0 Å². The van der Waals surface area contributed by atoms with Gasteiger partial charge in [-0.2, -0.15) is 0 Å². The van der Waals surface area contributed by atoms with Crippen molar-refractivity contribution in [2.24, 2.45) is 35.0 Å². The van der Waals surface area contributed by atoms with Crippen LogP contribution in [-0.4, -0.2) is 9.97 Å². The lowest BCUT2D eigenvalue weighted by atomic mass is 9.56. The molecular formula is C53H52N2. The second-order valence-corrected chi connectivity index (χ2v) is 18.1. The lowest BCUT2D eigenvalue weighted by molar-refractivity contribution is 0.208. The zero-order valence-electron chi connectivity index (χ0n) is 32.2. The van der Waals surface area contributed by atoms with E-state index in [-0.39, 0.29) is 11.3 Å². The predicted octanol–water partition coefficient (Wildman–Crippen LogP) is 13.2. The Hall–Kier alpha value is -4.56. The molecule has 274 valence electrons. The first kappa shape index (κ1) is 32.7. The van der Waals surface area contributed by atoms with E-state index in [2.05, 4.69) is 109 Å². The van der Waals surface area contributed by atoms with Gasteiger partial charge in [0.2, 0.25) is 0 Å². The maximum absolute atomic E-state index is 5.44. The lowest BCUT2D eigenvalue weighted by Gasteiger charge is -2.47. The summed E-state index contributed by atoms with van der Waals surface area (Å²) in [6, 6.07) is 13.0. The minimum absolute atomic E-state index is 0.0933. The molecule has 0 radical (unpaired) electrons. The first-order valence-corrected chi connectivity index (χ1v) is 21.9. The smallest absolute Gasteiger partial charge is 0.160 e. The van der Waals surface area contributed by atoms with E-state index in [0.29, 0.717) is 29.6 Å². The van der Waals surface area contributed by atoms with Crippen molar-refractivity contribution in [1.29, 1.82) is 0 Å². The third-order valence-corrected chi connectivity index (χ3v) is 15.7. The van der Waals surface area contributed by atoms with Crippen LogP contribution in [0.1, 0.15) is 107 Å². The summed E-state index contributed by atoms with van der Waals surface area (Å²) in [4.78, 5) is 10.7. The Morgan fingerprint density at radius 3 is 2.47 bits per heavy atom. The van der Waals surface area contributed by atoms with Crippen molar-refractivity contribution in [3.05, 3.63) is 171 Å². The van der Waals surface area contributed by atoms with Gasteiger partial charge in [-0.1, -0.05) is 114 Å². The average molecular weight is 717 g/mol. The second kappa shape index (κ2) is 12.7. The number of allylic oxidation sites excluding steroid dienone is 22. The number of fused-ring (bicyclic) bond motifs is 12. The Morgan fingerprint density at radius 2 is 1.56 bits per heavy atom. The van der Waals surface area contributed by atoms with Gasteiger partial charge in [-0.3, -0.25) is 0 Å². The molecule has 55 heavy (non-hydrogen) atoms. The number of benzene rings is 1. The van der Waals surface area contributed by atoms with Crippen LogP contribution in [0.25, 0.3) is 17.0 Å². The molecule has 0 bridgehead atoms. The van der Waals surface area contributed by atoms with Gasteiger partial charge in [-0.25, -0.2) is 9.97 Å². The molecule has 0 aliphatic heterocycles. The molecule has 1 spiro atoms. The molecular weight excluding hydrogens is 665 g/mol. The summed E-state index contributed by atoms with van der Waals surface area (Å²) in [6.07, 6.45) is 47.1. The summed E-state index contributed by atoms with van der Waals surface area (Å²) in [5, 5.41) is 0. The molecule has 1 aromatic heterocycles. The van der Waals surface area contributed by atoms with Gasteiger partial charge in [0.05, 0.1) is 11.4 Å². The zero-order valence-corrected chi connectivity index (χ0v) is 32.2. The Bertz CT molecular complexity index is 2360. The molecule has 2 nitrogen and oxygen atoms in total. The molecule has 7 atom stereocenters. The summed E-state index contributed by atoms with van der Waals surface area (Å²) in [5.74, 6) is 4.08. The molecule has 1 aromatic carbocycles. The summed E-state index contributed by atoms with van der Waals surface area (Å²) < 4.78 is 0. The summed E-state index contributed by atoms with van der Waals surface area (Å²) in [5.41, 5.74) is 20.7. The van der Waals surface area contributed by atoms with Crippen LogP contribution in [0, 0.1) is 35.0 Å². The van der Waals surface area contributed by atoms with Crippen LogP contribution in [0.15, 0.2) is 159 Å². The minimum Gasteiger partial charge on any atom is -0.232 e. The van der Waals surface area contributed by atoms with Gasteiger partial charge < -0.3 is 0 Å². The van der Waals surface area contributed by atoms with Crippen molar-refractivity contribution in [2.75, 3.05) is 0 Å². The zero-order chi connectivity index (χ0) is 36.1. The number of nitrogens with zero attached hydrogens (tertiary/aromatic N) is 2. The minimum atomic E-state index is 0.0933. The Kier molecular flexibility index (Phi) is 7.56. The molecule has 0 saturated heterocycles. The first-order valence-electron chi connectivity index (χ1n) is 21.9. The number of hydrogen-bond acceptors (Lipinski definition) is 2. The normalized spacial score (nSPS) is 33.9. The highest BCUT2D eigenvalue weighted by molar-refractivity contribution is 5.76. The van der Waals surface area contributed by atoms with E-state index in [9.17, 15) is 0 Å². The fraction of sp³-hybridized carbons (Fsp3) is 0.396. The largest absolute Gasteiger partial charge is 0.232 e. The summed E-state index contributed by atoms with van der Waals surface area (Å²) in [7, 11) is 0. The van der Waals surface area contributed by atoms with Crippen LogP contribution in [-0.2, 0) is 0 Å². The Morgan fingerprint density at radius 1 is 0.673 bits per heavy atom. The quantitative estimate of drug-likeness (QED) is 0.296. The highest BCUT2D eigenvalue weighted by Gasteiger charge is 2.64. The molecule has 12 rings (SSSR count). The monoisotopic (exact) mass is 716 g/mol. The van der Waals surface area contributed by atoms with Crippen molar-refractivity contribution in [3.63, 3.8) is 0 Å². The topological polar surface area (TPSA) is 25.8 Å². The molecule has 1 heterocycles. The fourth-order valence-corrected chi connectivity index (χ4v) is 13.6. The van der Waals surface area contributed by atoms with Crippen molar-refractivity contribution >= 4 is 5.57 Å². The summed E-state index contributed by atoms with van der Waals surface area (Å²) >= 11 is 0. The molecule has 2 aromatic rings. The van der Waals surface area contributed by atoms with Crippen molar-refractivity contribution in [3.8, 4) is 11.4 Å². The maximum Gasteiger partial charge on any atom is 0.160 e. The maximum atomic E-state index is 5.44. The molecule has 2 heteroatoms. The molecule has 10 aliphatic carbocycles. The van der Waals surface area contributed by atoms with Gasteiger partial charge in [0.15, 0.2) is 5.82 Å². The highest BCUT2D eigenvalue weighted by Crippen LogP contribution is 2.73. The van der Waals surface area contributed by atoms with Gasteiger partial charge >= 0.3 is 0 Å². The number of hydrogen-bond donors (Lipinski definition) is 0. The van der Waals surface area contributed by atoms with Gasteiger partial charge in [0.1, 0.15) is 0 Å². The molecule has 0 amide bonds. The van der Waals surface area contributed by atoms with Crippen molar-refractivity contribution < 1.29 is 0 Å². The molecule has 1 fully saturated rings. The summed E-state index contributed by atoms with van der Waals surface area (Å²) in [6.45, 7) is 0. The van der Waals surface area contributed by atoms with Crippen LogP contribution in [0.5, 0.6) is 0 Å². The number of aromatic nitrogens is 2. The van der Waals surface area contributed by atoms with Gasteiger partial charge in [-0.15, -0.1) is 0 Å². The highest BCUT2D eigenvalue weighted by atomic mass is 14.9. The second-order valence-electron chi connectivity index (χ2n) is 18.1. The van der Waals surface area contributed by atoms with E-state index >= 15 is 0 Å². The lowest BCUT2D eigenvalue weighted by Crippen LogP contribution is -2.38. The van der Waals surface area contributed by atoms with Crippen LogP contribution < -0.4 is 0 Å². The van der Waals surface area contributed by atoms with Crippen LogP contribution >= 0.6 is 0 Å². The fourth-order valence-electron chi connectivity index (χ4n) is 13.6. The third kappa shape index (κ3) is 4.79. The van der Waals surface area contributed by atoms with E-state index in [1.165, 1.54) is 76.2 Å². The van der Waals surface area contributed by atoms with Gasteiger partial charge in [-0.05, 0) is 158 Å². The Balaban J connectivity index is 1.04. The SMILES string of the molecule is C1=CCC(c2cc(C3=CC4=C(CC3)C3=C(CCCC3)C43C4CC5=C(C=C4C4C=CCCC43)C3C=CCCC3C3=C5CCC=C3)nc(-c3ccccc3)n2)C=C1. The van der Waals surface area contributed by atoms with E-state index in [4.69, 9.17) is 9.97 Å². The van der Waals surface area contributed by atoms with E-state index in [1.807, 2.05) is 5.57 Å². The van der Waals surface area contributed by atoms with Crippen molar-refractivity contribution in [2.45, 2.75) is 95.8 Å². The van der Waals surface area contributed by atoms with Gasteiger partial charge in [0, 0.05) is 28.7 Å². The van der Waals surface area contributed by atoms with Gasteiger partial charge in [0.25, 0.3) is 0 Å². The molecule has 1 saturated carbocycles.